The highest BCUT2D eigenvalue weighted by Crippen LogP contribution is 2.18. The zero-order chi connectivity index (χ0) is 17.5. The molecule has 0 fully saturated rings. The number of benzene rings is 2. The predicted molar refractivity (Wildman–Crippen MR) is 98.3 cm³/mol. The second-order valence-corrected chi connectivity index (χ2v) is 5.73. The lowest BCUT2D eigenvalue weighted by Gasteiger charge is -2.25. The monoisotopic (exact) mass is 324 g/mol. The Hall–Kier alpha value is -2.62. The number of carbonyl (C=O) groups is 2. The number of carbonyl (C=O) groups excluding carboxylic acids is 2. The second-order valence-electron chi connectivity index (χ2n) is 5.73. The first-order valence-electron chi connectivity index (χ1n) is 8.23. The smallest absolute Gasteiger partial charge is 0.228 e. The van der Waals surface area contributed by atoms with E-state index in [2.05, 4.69) is 0 Å². The molecule has 24 heavy (non-hydrogen) atoms. The van der Waals surface area contributed by atoms with Crippen LogP contribution in [0.15, 0.2) is 54.6 Å². The van der Waals surface area contributed by atoms with Gasteiger partial charge in [-0.15, -0.1) is 0 Å². The summed E-state index contributed by atoms with van der Waals surface area (Å²) in [5, 5.41) is 0. The molecule has 0 unspecified atom stereocenters. The summed E-state index contributed by atoms with van der Waals surface area (Å²) < 4.78 is 0. The van der Waals surface area contributed by atoms with E-state index in [1.807, 2.05) is 68.4 Å². The van der Waals surface area contributed by atoms with Gasteiger partial charge in [0.2, 0.25) is 11.8 Å². The summed E-state index contributed by atoms with van der Waals surface area (Å²) in [5.74, 6) is -0.0436. The summed E-state index contributed by atoms with van der Waals surface area (Å²) in [5.41, 5.74) is 2.83. The van der Waals surface area contributed by atoms with Crippen LogP contribution in [0.3, 0.4) is 0 Å². The highest BCUT2D eigenvalue weighted by molar-refractivity contribution is 5.96. The van der Waals surface area contributed by atoms with Gasteiger partial charge in [-0.25, -0.2) is 0 Å². The number of aryl methyl sites for hydroxylation is 1. The van der Waals surface area contributed by atoms with Gasteiger partial charge in [0.05, 0.1) is 0 Å². The standard InChI is InChI=1S/C20H24N2O2/c1-4-21(19-12-8-9-16(2)15-19)20(24)13-14-22(17(3)23)18-10-6-5-7-11-18/h5-12,15H,4,13-14H2,1-3H3. The number of nitrogens with zero attached hydrogens (tertiary/aromatic N) is 2. The van der Waals surface area contributed by atoms with Gasteiger partial charge in [-0.1, -0.05) is 30.3 Å². The SMILES string of the molecule is CCN(C(=O)CCN(C(C)=O)c1ccccc1)c1cccc(C)c1. The van der Waals surface area contributed by atoms with E-state index < -0.39 is 0 Å². The Morgan fingerprint density at radius 2 is 1.58 bits per heavy atom. The summed E-state index contributed by atoms with van der Waals surface area (Å²) in [6.45, 7) is 6.47. The average Bonchev–Trinajstić information content (AvgIpc) is 2.56. The Bertz CT molecular complexity index is 698. The van der Waals surface area contributed by atoms with E-state index in [0.29, 0.717) is 13.1 Å². The maximum absolute atomic E-state index is 12.6. The molecule has 2 amide bonds. The fraction of sp³-hybridized carbons (Fsp3) is 0.300. The van der Waals surface area contributed by atoms with E-state index in [1.54, 1.807) is 9.80 Å². The van der Waals surface area contributed by atoms with Crippen LogP contribution in [-0.4, -0.2) is 24.9 Å². The molecule has 0 saturated carbocycles. The molecule has 0 aliphatic carbocycles. The Morgan fingerprint density at radius 1 is 0.917 bits per heavy atom. The molecule has 4 nitrogen and oxygen atoms in total. The highest BCUT2D eigenvalue weighted by atomic mass is 16.2. The van der Waals surface area contributed by atoms with Crippen molar-refractivity contribution in [3.8, 4) is 0 Å². The van der Waals surface area contributed by atoms with Gasteiger partial charge in [0.15, 0.2) is 0 Å². The van der Waals surface area contributed by atoms with Crippen LogP contribution in [0, 0.1) is 6.92 Å². The van der Waals surface area contributed by atoms with E-state index in [0.717, 1.165) is 16.9 Å². The third-order valence-corrected chi connectivity index (χ3v) is 3.93. The number of amides is 2. The Morgan fingerprint density at radius 3 is 2.17 bits per heavy atom. The number of hydrogen-bond acceptors (Lipinski definition) is 2. The molecular weight excluding hydrogens is 300 g/mol. The fourth-order valence-corrected chi connectivity index (χ4v) is 2.72. The van der Waals surface area contributed by atoms with E-state index in [-0.39, 0.29) is 18.2 Å². The summed E-state index contributed by atoms with van der Waals surface area (Å²) >= 11 is 0. The van der Waals surface area contributed by atoms with E-state index in [9.17, 15) is 9.59 Å². The first-order chi connectivity index (χ1) is 11.5. The summed E-state index contributed by atoms with van der Waals surface area (Å²) in [6.07, 6.45) is 0.288. The Labute approximate surface area is 143 Å². The first kappa shape index (κ1) is 17.7. The van der Waals surface area contributed by atoms with Crippen LogP contribution in [-0.2, 0) is 9.59 Å². The zero-order valence-electron chi connectivity index (χ0n) is 14.5. The van der Waals surface area contributed by atoms with Crippen molar-refractivity contribution in [3.05, 3.63) is 60.2 Å². The van der Waals surface area contributed by atoms with Crippen LogP contribution in [0.4, 0.5) is 11.4 Å². The van der Waals surface area contributed by atoms with Crippen molar-refractivity contribution in [3.63, 3.8) is 0 Å². The fourth-order valence-electron chi connectivity index (χ4n) is 2.72. The Kier molecular flexibility index (Phi) is 6.13. The highest BCUT2D eigenvalue weighted by Gasteiger charge is 2.17. The largest absolute Gasteiger partial charge is 0.313 e. The minimum atomic E-state index is -0.0624. The number of para-hydroxylation sites is 1. The molecule has 4 heteroatoms. The molecule has 0 radical (unpaired) electrons. The van der Waals surface area contributed by atoms with Crippen LogP contribution in [0.1, 0.15) is 25.8 Å². The Balaban J connectivity index is 2.08. The molecular formula is C20H24N2O2. The van der Waals surface area contributed by atoms with Gasteiger partial charge < -0.3 is 9.80 Å². The van der Waals surface area contributed by atoms with Crippen molar-refractivity contribution in [1.82, 2.24) is 0 Å². The molecule has 0 bridgehead atoms. The van der Waals surface area contributed by atoms with Crippen molar-refractivity contribution in [1.29, 1.82) is 0 Å². The lowest BCUT2D eigenvalue weighted by molar-refractivity contribution is -0.118. The predicted octanol–water partition coefficient (Wildman–Crippen LogP) is 3.79. The van der Waals surface area contributed by atoms with Gasteiger partial charge in [-0.05, 0) is 43.7 Å². The lowest BCUT2D eigenvalue weighted by atomic mass is 10.2. The van der Waals surface area contributed by atoms with Gasteiger partial charge in [0, 0.05) is 37.8 Å². The quantitative estimate of drug-likeness (QED) is 0.811. The van der Waals surface area contributed by atoms with Crippen molar-refractivity contribution in [2.75, 3.05) is 22.9 Å². The molecule has 0 N–H and O–H groups in total. The minimum Gasteiger partial charge on any atom is -0.313 e. The summed E-state index contributed by atoms with van der Waals surface area (Å²) in [7, 11) is 0. The van der Waals surface area contributed by atoms with Gasteiger partial charge >= 0.3 is 0 Å². The van der Waals surface area contributed by atoms with E-state index in [1.165, 1.54) is 6.92 Å². The van der Waals surface area contributed by atoms with Gasteiger partial charge in [-0.3, -0.25) is 9.59 Å². The number of rotatable bonds is 6. The third kappa shape index (κ3) is 4.44. The topological polar surface area (TPSA) is 40.6 Å². The molecule has 126 valence electrons. The van der Waals surface area contributed by atoms with Crippen molar-refractivity contribution < 1.29 is 9.59 Å². The minimum absolute atomic E-state index is 0.0188. The molecule has 0 aliphatic heterocycles. The van der Waals surface area contributed by atoms with Gasteiger partial charge in [0.1, 0.15) is 0 Å². The van der Waals surface area contributed by atoms with Gasteiger partial charge in [0.25, 0.3) is 0 Å². The molecule has 0 heterocycles. The van der Waals surface area contributed by atoms with Crippen LogP contribution in [0.5, 0.6) is 0 Å². The number of anilines is 2. The maximum atomic E-state index is 12.6. The molecule has 0 spiro atoms. The van der Waals surface area contributed by atoms with Crippen LogP contribution >= 0.6 is 0 Å². The number of hydrogen-bond donors (Lipinski definition) is 0. The van der Waals surface area contributed by atoms with Crippen molar-refractivity contribution in [2.45, 2.75) is 27.2 Å². The second kappa shape index (κ2) is 8.29. The zero-order valence-corrected chi connectivity index (χ0v) is 14.5. The first-order valence-corrected chi connectivity index (χ1v) is 8.23. The van der Waals surface area contributed by atoms with Crippen LogP contribution < -0.4 is 9.80 Å². The maximum Gasteiger partial charge on any atom is 0.228 e. The summed E-state index contributed by atoms with van der Waals surface area (Å²) in [4.78, 5) is 27.9. The third-order valence-electron chi connectivity index (χ3n) is 3.93. The molecule has 0 saturated heterocycles. The molecule has 0 aliphatic rings. The lowest BCUT2D eigenvalue weighted by Crippen LogP contribution is -2.36. The van der Waals surface area contributed by atoms with Crippen molar-refractivity contribution >= 4 is 23.2 Å². The van der Waals surface area contributed by atoms with E-state index >= 15 is 0 Å². The molecule has 0 aromatic heterocycles. The van der Waals surface area contributed by atoms with Gasteiger partial charge in [-0.2, -0.15) is 0 Å². The van der Waals surface area contributed by atoms with E-state index in [4.69, 9.17) is 0 Å². The van der Waals surface area contributed by atoms with Crippen molar-refractivity contribution in [2.24, 2.45) is 0 Å². The molecule has 2 rings (SSSR count). The molecule has 0 atom stereocenters. The molecule has 2 aromatic carbocycles. The normalized spacial score (nSPS) is 10.3. The average molecular weight is 324 g/mol. The van der Waals surface area contributed by atoms with Crippen LogP contribution in [0.25, 0.3) is 0 Å². The molecule has 2 aromatic rings. The van der Waals surface area contributed by atoms with Crippen LogP contribution in [0.2, 0.25) is 0 Å². The summed E-state index contributed by atoms with van der Waals surface area (Å²) in [6, 6.07) is 17.3.